The lowest BCUT2D eigenvalue weighted by Crippen LogP contribution is -2.33. The monoisotopic (exact) mass is 349 g/mol. The lowest BCUT2D eigenvalue weighted by molar-refractivity contribution is -0.131. The Morgan fingerprint density at radius 1 is 0.880 bits per heavy atom. The topological polar surface area (TPSA) is 40.5 Å². The number of hydrogen-bond acceptors (Lipinski definition) is 2. The second-order valence-electron chi connectivity index (χ2n) is 8.99. The highest BCUT2D eigenvalue weighted by Gasteiger charge is 2.34. The number of aliphatic hydroxyl groups is 1. The van der Waals surface area contributed by atoms with Crippen molar-refractivity contribution in [1.29, 1.82) is 0 Å². The predicted octanol–water partition coefficient (Wildman–Crippen LogP) is 4.92. The van der Waals surface area contributed by atoms with Crippen molar-refractivity contribution in [3.8, 4) is 0 Å². The van der Waals surface area contributed by atoms with Crippen LogP contribution in [-0.4, -0.2) is 35.1 Å². The summed E-state index contributed by atoms with van der Waals surface area (Å²) in [4.78, 5) is 14.4. The molecule has 1 N–H and O–H groups in total. The van der Waals surface area contributed by atoms with Crippen molar-refractivity contribution in [2.45, 2.75) is 102 Å². The summed E-state index contributed by atoms with van der Waals surface area (Å²) in [5, 5.41) is 10.6. The number of likely N-dealkylation sites (tertiary alicyclic amines) is 1. The molecule has 3 rings (SSSR count). The Hall–Kier alpha value is -0.570. The summed E-state index contributed by atoms with van der Waals surface area (Å²) in [5.41, 5.74) is 0. The molecule has 4 unspecified atom stereocenters. The molecule has 0 aromatic rings. The minimum Gasteiger partial charge on any atom is -0.393 e. The number of rotatable bonds is 6. The van der Waals surface area contributed by atoms with Gasteiger partial charge in [-0.3, -0.25) is 4.79 Å². The van der Waals surface area contributed by atoms with Gasteiger partial charge in [0.1, 0.15) is 0 Å². The molecule has 0 aromatic heterocycles. The van der Waals surface area contributed by atoms with Gasteiger partial charge in [0.05, 0.1) is 6.10 Å². The molecule has 1 aliphatic heterocycles. The highest BCUT2D eigenvalue weighted by atomic mass is 16.3. The van der Waals surface area contributed by atoms with E-state index in [0.717, 1.165) is 44.2 Å². The maximum absolute atomic E-state index is 12.3. The van der Waals surface area contributed by atoms with Crippen LogP contribution in [0.2, 0.25) is 0 Å². The zero-order chi connectivity index (χ0) is 17.5. The second kappa shape index (κ2) is 9.94. The second-order valence-corrected chi connectivity index (χ2v) is 8.99. The zero-order valence-electron chi connectivity index (χ0n) is 16.1. The third kappa shape index (κ3) is 5.70. The van der Waals surface area contributed by atoms with Crippen molar-refractivity contribution in [2.75, 3.05) is 13.1 Å². The van der Waals surface area contributed by atoms with Crippen LogP contribution in [0.3, 0.4) is 0 Å². The number of nitrogens with zero attached hydrogens (tertiary/aromatic N) is 1. The van der Waals surface area contributed by atoms with Crippen molar-refractivity contribution in [2.24, 2.45) is 17.8 Å². The smallest absolute Gasteiger partial charge is 0.222 e. The van der Waals surface area contributed by atoms with Gasteiger partial charge >= 0.3 is 0 Å². The molecule has 0 radical (unpaired) electrons. The zero-order valence-corrected chi connectivity index (χ0v) is 16.1. The SMILES string of the molecule is O=C(CCCCC(O)C1CCC2CCCCC2C1)N1CCCCCC1. The summed E-state index contributed by atoms with van der Waals surface area (Å²) in [6.45, 7) is 1.93. The molecule has 3 nitrogen and oxygen atoms in total. The third-order valence-corrected chi connectivity index (χ3v) is 7.22. The Balaban J connectivity index is 1.31. The van der Waals surface area contributed by atoms with Gasteiger partial charge in [-0.15, -0.1) is 0 Å². The van der Waals surface area contributed by atoms with Gasteiger partial charge in [0.25, 0.3) is 0 Å². The van der Waals surface area contributed by atoms with Crippen LogP contribution in [0.25, 0.3) is 0 Å². The predicted molar refractivity (Wildman–Crippen MR) is 102 cm³/mol. The number of hydrogen-bond donors (Lipinski definition) is 1. The van der Waals surface area contributed by atoms with Crippen molar-refractivity contribution >= 4 is 5.91 Å². The van der Waals surface area contributed by atoms with E-state index in [1.54, 1.807) is 0 Å². The van der Waals surface area contributed by atoms with E-state index < -0.39 is 0 Å². The van der Waals surface area contributed by atoms with Crippen LogP contribution in [0.4, 0.5) is 0 Å². The summed E-state index contributed by atoms with van der Waals surface area (Å²) in [6, 6.07) is 0. The number of carbonyl (C=O) groups excluding carboxylic acids is 1. The van der Waals surface area contributed by atoms with Gasteiger partial charge in [-0.1, -0.05) is 44.9 Å². The summed E-state index contributed by atoms with van der Waals surface area (Å²) in [6.07, 6.45) is 17.8. The van der Waals surface area contributed by atoms with Crippen LogP contribution >= 0.6 is 0 Å². The van der Waals surface area contributed by atoms with E-state index >= 15 is 0 Å². The van der Waals surface area contributed by atoms with Gasteiger partial charge in [0.2, 0.25) is 5.91 Å². The van der Waals surface area contributed by atoms with Crippen LogP contribution < -0.4 is 0 Å². The number of carbonyl (C=O) groups is 1. The fourth-order valence-electron chi connectivity index (χ4n) is 5.60. The maximum Gasteiger partial charge on any atom is 0.222 e. The van der Waals surface area contributed by atoms with Crippen molar-refractivity contribution < 1.29 is 9.90 Å². The van der Waals surface area contributed by atoms with E-state index in [1.165, 1.54) is 70.6 Å². The molecule has 0 aromatic carbocycles. The Bertz CT molecular complexity index is 403. The highest BCUT2D eigenvalue weighted by molar-refractivity contribution is 5.76. The van der Waals surface area contributed by atoms with E-state index in [4.69, 9.17) is 0 Å². The average molecular weight is 350 g/mol. The largest absolute Gasteiger partial charge is 0.393 e. The molecule has 25 heavy (non-hydrogen) atoms. The Morgan fingerprint density at radius 3 is 2.36 bits per heavy atom. The molecule has 1 amide bonds. The number of amides is 1. The maximum atomic E-state index is 12.3. The molecule has 144 valence electrons. The van der Waals surface area contributed by atoms with Crippen molar-refractivity contribution in [3.05, 3.63) is 0 Å². The van der Waals surface area contributed by atoms with E-state index in [9.17, 15) is 9.90 Å². The molecule has 2 saturated carbocycles. The van der Waals surface area contributed by atoms with E-state index in [1.807, 2.05) is 0 Å². The molecule has 2 aliphatic carbocycles. The van der Waals surface area contributed by atoms with Gasteiger partial charge in [0, 0.05) is 19.5 Å². The first-order chi connectivity index (χ1) is 12.2. The Kier molecular flexibility index (Phi) is 7.64. The minimum atomic E-state index is -0.129. The van der Waals surface area contributed by atoms with Gasteiger partial charge in [-0.2, -0.15) is 0 Å². The lowest BCUT2D eigenvalue weighted by Gasteiger charge is -2.40. The first-order valence-electron chi connectivity index (χ1n) is 11.2. The molecule has 3 heteroatoms. The van der Waals surface area contributed by atoms with Gasteiger partial charge in [-0.05, 0) is 62.7 Å². The lowest BCUT2D eigenvalue weighted by atomic mass is 9.66. The standard InChI is InChI=1S/C22H39NO2/c24-21(20-14-13-18-9-3-4-10-19(18)17-20)11-5-6-12-22(25)23-15-7-1-2-8-16-23/h18-21,24H,1-17H2. The summed E-state index contributed by atoms with van der Waals surface area (Å²) < 4.78 is 0. The molecule has 3 aliphatic rings. The molecule has 0 spiro atoms. The van der Waals surface area contributed by atoms with E-state index in [2.05, 4.69) is 4.90 Å². The Morgan fingerprint density at radius 2 is 1.60 bits per heavy atom. The first kappa shape index (κ1) is 19.2. The molecule has 0 bridgehead atoms. The van der Waals surface area contributed by atoms with Crippen LogP contribution in [0.1, 0.15) is 96.3 Å². The van der Waals surface area contributed by atoms with Crippen molar-refractivity contribution in [1.82, 2.24) is 4.90 Å². The van der Waals surface area contributed by atoms with Crippen LogP contribution in [0.15, 0.2) is 0 Å². The summed E-state index contributed by atoms with van der Waals surface area (Å²) in [7, 11) is 0. The quantitative estimate of drug-likeness (QED) is 0.692. The molecule has 1 heterocycles. The number of unbranched alkanes of at least 4 members (excludes halogenated alkanes) is 1. The molecular weight excluding hydrogens is 310 g/mol. The minimum absolute atomic E-state index is 0.129. The van der Waals surface area contributed by atoms with Crippen LogP contribution in [0.5, 0.6) is 0 Å². The number of aliphatic hydroxyl groups excluding tert-OH is 1. The molecule has 1 saturated heterocycles. The highest BCUT2D eigenvalue weighted by Crippen LogP contribution is 2.44. The molecule has 3 fully saturated rings. The van der Waals surface area contributed by atoms with E-state index in [-0.39, 0.29) is 6.10 Å². The summed E-state index contributed by atoms with van der Waals surface area (Å²) in [5.74, 6) is 2.73. The van der Waals surface area contributed by atoms with E-state index in [0.29, 0.717) is 18.2 Å². The fourth-order valence-corrected chi connectivity index (χ4v) is 5.60. The van der Waals surface area contributed by atoms with Crippen molar-refractivity contribution in [3.63, 3.8) is 0 Å². The average Bonchev–Trinajstić information content (AvgIpc) is 2.94. The molecular formula is C22H39NO2. The summed E-state index contributed by atoms with van der Waals surface area (Å²) >= 11 is 0. The molecule has 4 atom stereocenters. The Labute approximate surface area is 154 Å². The third-order valence-electron chi connectivity index (χ3n) is 7.22. The fraction of sp³-hybridized carbons (Fsp3) is 0.955. The van der Waals surface area contributed by atoms with Crippen LogP contribution in [-0.2, 0) is 4.79 Å². The number of fused-ring (bicyclic) bond motifs is 1. The van der Waals surface area contributed by atoms with Gasteiger partial charge < -0.3 is 10.0 Å². The normalized spacial score (nSPS) is 31.9. The van der Waals surface area contributed by atoms with Gasteiger partial charge in [-0.25, -0.2) is 0 Å². The first-order valence-corrected chi connectivity index (χ1v) is 11.2. The van der Waals surface area contributed by atoms with Crippen LogP contribution in [0, 0.1) is 17.8 Å². The van der Waals surface area contributed by atoms with Gasteiger partial charge in [0.15, 0.2) is 0 Å².